The molecule has 3 aromatic carbocycles. The first-order chi connectivity index (χ1) is 16.6. The van der Waals surface area contributed by atoms with Gasteiger partial charge in [0.15, 0.2) is 5.11 Å². The number of carbonyl (C=O) groups is 2. The minimum absolute atomic E-state index is 0.0572. The molecule has 2 amide bonds. The molecule has 0 saturated carbocycles. The van der Waals surface area contributed by atoms with Gasteiger partial charge in [0, 0.05) is 12.0 Å². The molecule has 0 aliphatic carbocycles. The average Bonchev–Trinajstić information content (AvgIpc) is 2.87. The highest BCUT2D eigenvalue weighted by Crippen LogP contribution is 2.17. The normalized spacial score (nSPS) is 10.0. The summed E-state index contributed by atoms with van der Waals surface area (Å²) in [5.74, 6) is 0.0766. The van der Waals surface area contributed by atoms with Crippen LogP contribution in [0.25, 0.3) is 0 Å². The summed E-state index contributed by atoms with van der Waals surface area (Å²) in [7, 11) is 0. The molecule has 0 heterocycles. The van der Waals surface area contributed by atoms with E-state index in [4.69, 9.17) is 21.7 Å². The Kier molecular flexibility index (Phi) is 9.19. The smallest absolute Gasteiger partial charge is 0.273 e. The first-order valence-electron chi connectivity index (χ1n) is 10.6. The molecule has 3 aromatic rings. The van der Waals surface area contributed by atoms with Crippen LogP contribution in [0.4, 0.5) is 0 Å². The Balaban J connectivity index is 1.49. The zero-order valence-corrected chi connectivity index (χ0v) is 19.3. The van der Waals surface area contributed by atoms with Crippen molar-refractivity contribution in [3.8, 4) is 11.5 Å². The zero-order valence-electron chi connectivity index (χ0n) is 18.5. The van der Waals surface area contributed by atoms with E-state index >= 15 is 0 Å². The first-order valence-corrected chi connectivity index (χ1v) is 11.0. The van der Waals surface area contributed by atoms with Crippen molar-refractivity contribution in [3.63, 3.8) is 0 Å². The summed E-state index contributed by atoms with van der Waals surface area (Å²) < 4.78 is 11.2. The number of amides is 2. The Morgan fingerprint density at radius 1 is 0.882 bits per heavy atom. The van der Waals surface area contributed by atoms with Gasteiger partial charge in [-0.2, -0.15) is 0 Å². The van der Waals surface area contributed by atoms with Crippen molar-refractivity contribution in [2.45, 2.75) is 6.42 Å². The van der Waals surface area contributed by atoms with E-state index < -0.39 is 11.8 Å². The Hall–Kier alpha value is -4.17. The molecule has 7 nitrogen and oxygen atoms in total. The molecule has 0 bridgehead atoms. The van der Waals surface area contributed by atoms with Gasteiger partial charge in [0.25, 0.3) is 11.8 Å². The van der Waals surface area contributed by atoms with Gasteiger partial charge in [0.2, 0.25) is 0 Å². The van der Waals surface area contributed by atoms with E-state index in [1.54, 1.807) is 54.6 Å². The van der Waals surface area contributed by atoms with Gasteiger partial charge in [-0.1, -0.05) is 61.2 Å². The highest BCUT2D eigenvalue weighted by atomic mass is 32.1. The summed E-state index contributed by atoms with van der Waals surface area (Å²) in [6, 6.07) is 23.5. The predicted octanol–water partition coefficient (Wildman–Crippen LogP) is 3.82. The molecule has 0 aromatic heterocycles. The number of carbonyl (C=O) groups excluding carboxylic acids is 2. The van der Waals surface area contributed by atoms with Crippen LogP contribution in [0.15, 0.2) is 91.5 Å². The van der Waals surface area contributed by atoms with Gasteiger partial charge in [0.1, 0.15) is 18.1 Å². The monoisotopic (exact) mass is 475 g/mol. The van der Waals surface area contributed by atoms with Crippen molar-refractivity contribution in [2.75, 3.05) is 13.2 Å². The fraction of sp³-hybridized carbons (Fsp3) is 0.115. The van der Waals surface area contributed by atoms with E-state index in [-0.39, 0.29) is 11.7 Å². The maximum absolute atomic E-state index is 12.6. The highest BCUT2D eigenvalue weighted by molar-refractivity contribution is 7.80. The number of rotatable bonds is 9. The van der Waals surface area contributed by atoms with Crippen molar-refractivity contribution < 1.29 is 19.1 Å². The van der Waals surface area contributed by atoms with E-state index in [9.17, 15) is 9.59 Å². The summed E-state index contributed by atoms with van der Waals surface area (Å²) in [4.78, 5) is 25.0. The SMILES string of the molecule is C=CCOc1ccccc1C(=O)NNC(=S)NC(=O)c1cccc(OCCc2ccccc2)c1. The summed E-state index contributed by atoms with van der Waals surface area (Å²) in [6.45, 7) is 4.34. The summed E-state index contributed by atoms with van der Waals surface area (Å²) in [6.07, 6.45) is 2.34. The Labute approximate surface area is 203 Å². The molecule has 0 fully saturated rings. The van der Waals surface area contributed by atoms with Crippen LogP contribution in [0.2, 0.25) is 0 Å². The van der Waals surface area contributed by atoms with Crippen molar-refractivity contribution in [1.82, 2.24) is 16.2 Å². The molecule has 34 heavy (non-hydrogen) atoms. The molecule has 0 spiro atoms. The maximum Gasteiger partial charge on any atom is 0.273 e. The van der Waals surface area contributed by atoms with E-state index in [2.05, 4.69) is 22.7 Å². The lowest BCUT2D eigenvalue weighted by Gasteiger charge is -2.13. The molecule has 0 aliphatic heterocycles. The number of hydrazine groups is 1. The second-order valence-electron chi connectivity index (χ2n) is 7.07. The molecule has 8 heteroatoms. The van der Waals surface area contributed by atoms with Gasteiger partial charge in [-0.25, -0.2) is 0 Å². The average molecular weight is 476 g/mol. The van der Waals surface area contributed by atoms with Gasteiger partial charge in [-0.15, -0.1) is 0 Å². The molecular weight excluding hydrogens is 450 g/mol. The number of benzene rings is 3. The van der Waals surface area contributed by atoms with Crippen molar-refractivity contribution in [2.24, 2.45) is 0 Å². The van der Waals surface area contributed by atoms with Gasteiger partial charge >= 0.3 is 0 Å². The fourth-order valence-electron chi connectivity index (χ4n) is 2.97. The topological polar surface area (TPSA) is 88.7 Å². The van der Waals surface area contributed by atoms with Gasteiger partial charge in [-0.05, 0) is 48.1 Å². The maximum atomic E-state index is 12.6. The minimum atomic E-state index is -0.468. The molecule has 3 N–H and O–H groups in total. The Bertz CT molecular complexity index is 1150. The van der Waals surface area contributed by atoms with E-state index in [0.717, 1.165) is 6.42 Å². The second-order valence-corrected chi connectivity index (χ2v) is 7.48. The van der Waals surface area contributed by atoms with Gasteiger partial charge in [-0.3, -0.25) is 25.8 Å². The third-order valence-electron chi connectivity index (χ3n) is 4.60. The van der Waals surface area contributed by atoms with Crippen LogP contribution in [0.1, 0.15) is 26.3 Å². The quantitative estimate of drug-likeness (QED) is 0.248. The van der Waals surface area contributed by atoms with Crippen molar-refractivity contribution in [3.05, 3.63) is 108 Å². The summed E-state index contributed by atoms with van der Waals surface area (Å²) >= 11 is 5.12. The minimum Gasteiger partial charge on any atom is -0.493 e. The van der Waals surface area contributed by atoms with Crippen LogP contribution in [0.3, 0.4) is 0 Å². The van der Waals surface area contributed by atoms with Crippen LogP contribution in [-0.4, -0.2) is 30.1 Å². The van der Waals surface area contributed by atoms with Gasteiger partial charge < -0.3 is 9.47 Å². The lowest BCUT2D eigenvalue weighted by atomic mass is 10.2. The number of para-hydroxylation sites is 1. The molecule has 0 saturated heterocycles. The summed E-state index contributed by atoms with van der Waals surface area (Å²) in [5.41, 5.74) is 6.83. The van der Waals surface area contributed by atoms with E-state index in [0.29, 0.717) is 29.2 Å². The number of thiocarbonyl (C=S) groups is 1. The lowest BCUT2D eigenvalue weighted by molar-refractivity contribution is 0.0931. The van der Waals surface area contributed by atoms with Crippen LogP contribution in [0, 0.1) is 0 Å². The van der Waals surface area contributed by atoms with Crippen molar-refractivity contribution >= 4 is 29.1 Å². The van der Waals surface area contributed by atoms with Crippen LogP contribution in [-0.2, 0) is 6.42 Å². The molecule has 3 rings (SSSR count). The number of hydrogen-bond acceptors (Lipinski definition) is 5. The molecular formula is C26H25N3O4S. The van der Waals surface area contributed by atoms with Crippen LogP contribution in [0.5, 0.6) is 11.5 Å². The Morgan fingerprint density at radius 3 is 2.44 bits per heavy atom. The highest BCUT2D eigenvalue weighted by Gasteiger charge is 2.13. The largest absolute Gasteiger partial charge is 0.493 e. The number of hydrogen-bond donors (Lipinski definition) is 3. The predicted molar refractivity (Wildman–Crippen MR) is 135 cm³/mol. The van der Waals surface area contributed by atoms with Gasteiger partial charge in [0.05, 0.1) is 12.2 Å². The van der Waals surface area contributed by atoms with E-state index in [1.807, 2.05) is 30.3 Å². The van der Waals surface area contributed by atoms with Crippen LogP contribution >= 0.6 is 12.2 Å². The molecule has 0 unspecified atom stereocenters. The molecule has 0 aliphatic rings. The molecule has 174 valence electrons. The lowest BCUT2D eigenvalue weighted by Crippen LogP contribution is -2.48. The number of nitrogens with one attached hydrogen (secondary N) is 3. The van der Waals surface area contributed by atoms with Crippen LogP contribution < -0.4 is 25.6 Å². The Morgan fingerprint density at radius 2 is 1.65 bits per heavy atom. The third-order valence-corrected chi connectivity index (χ3v) is 4.81. The standard InChI is InChI=1S/C26H25N3O4S/c1-2-16-33-23-14-7-6-13-22(23)25(31)28-29-26(34)27-24(30)20-11-8-12-21(18-20)32-17-15-19-9-4-3-5-10-19/h2-14,18H,1,15-17H2,(H,28,31)(H2,27,29,30,34). The third kappa shape index (κ3) is 7.46. The first kappa shape index (κ1) is 24.5. The fourth-order valence-corrected chi connectivity index (χ4v) is 3.12. The zero-order chi connectivity index (χ0) is 24.2. The van der Waals surface area contributed by atoms with Crippen molar-refractivity contribution in [1.29, 1.82) is 0 Å². The summed E-state index contributed by atoms with van der Waals surface area (Å²) in [5, 5.41) is 2.47. The molecule has 0 radical (unpaired) electrons. The number of ether oxygens (including phenoxy) is 2. The molecule has 0 atom stereocenters. The second kappa shape index (κ2) is 12.8. The van der Waals surface area contributed by atoms with E-state index in [1.165, 1.54) is 5.56 Å².